The van der Waals surface area contributed by atoms with Crippen LogP contribution in [0.5, 0.6) is 0 Å². The van der Waals surface area contributed by atoms with Gasteiger partial charge in [0.1, 0.15) is 5.69 Å². The fourth-order valence-electron chi connectivity index (χ4n) is 1.72. The predicted molar refractivity (Wildman–Crippen MR) is 76.9 cm³/mol. The zero-order valence-corrected chi connectivity index (χ0v) is 11.4. The number of hydrogen-bond donors (Lipinski definition) is 3. The Labute approximate surface area is 121 Å². The van der Waals surface area contributed by atoms with Gasteiger partial charge in [0, 0.05) is 24.2 Å². The molecule has 0 aromatic carbocycles. The van der Waals surface area contributed by atoms with Gasteiger partial charge in [-0.2, -0.15) is 0 Å². The lowest BCUT2D eigenvalue weighted by Crippen LogP contribution is -2.27. The number of nitrogens with one attached hydrogen (secondary N) is 1. The van der Waals surface area contributed by atoms with Crippen molar-refractivity contribution in [1.82, 2.24) is 15.3 Å². The molecule has 0 radical (unpaired) electrons. The molecule has 0 aliphatic carbocycles. The second kappa shape index (κ2) is 6.47. The largest absolute Gasteiger partial charge is 0.409 e. The van der Waals surface area contributed by atoms with Gasteiger partial charge in [0.25, 0.3) is 5.91 Å². The molecular formula is C14H15N5O2. The first kappa shape index (κ1) is 14.4. The maximum Gasteiger partial charge on any atom is 0.270 e. The number of carbonyl (C=O) groups excluding carboxylic acids is 1. The minimum Gasteiger partial charge on any atom is -0.409 e. The molecule has 0 saturated heterocycles. The fourth-order valence-corrected chi connectivity index (χ4v) is 1.72. The summed E-state index contributed by atoms with van der Waals surface area (Å²) in [6, 6.07) is 6.58. The Hall–Kier alpha value is -2.96. The summed E-state index contributed by atoms with van der Waals surface area (Å²) in [4.78, 5) is 20.1. The molecule has 0 saturated carbocycles. The van der Waals surface area contributed by atoms with Crippen LogP contribution in [0.15, 0.2) is 48.0 Å². The van der Waals surface area contributed by atoms with Gasteiger partial charge in [-0.15, -0.1) is 0 Å². The summed E-state index contributed by atoms with van der Waals surface area (Å²) in [5.74, 6) is -0.365. The molecule has 2 rings (SSSR count). The molecule has 1 unspecified atom stereocenters. The average molecular weight is 285 g/mol. The molecule has 2 aromatic heterocycles. The molecule has 7 heteroatoms. The molecule has 21 heavy (non-hydrogen) atoms. The van der Waals surface area contributed by atoms with Gasteiger partial charge >= 0.3 is 0 Å². The molecule has 2 aromatic rings. The number of nitrogens with zero attached hydrogens (tertiary/aromatic N) is 3. The van der Waals surface area contributed by atoms with Crippen molar-refractivity contribution in [3.8, 4) is 0 Å². The van der Waals surface area contributed by atoms with Crippen molar-refractivity contribution >= 4 is 11.7 Å². The topological polar surface area (TPSA) is 113 Å². The van der Waals surface area contributed by atoms with Crippen LogP contribution in [0.4, 0.5) is 0 Å². The van der Waals surface area contributed by atoms with Crippen LogP contribution in [0.2, 0.25) is 0 Å². The maximum absolute atomic E-state index is 12.1. The second-order valence-corrected chi connectivity index (χ2v) is 4.40. The van der Waals surface area contributed by atoms with E-state index in [1.165, 1.54) is 12.3 Å². The Morgan fingerprint density at radius 2 is 2.19 bits per heavy atom. The van der Waals surface area contributed by atoms with Crippen LogP contribution in [0.1, 0.15) is 34.6 Å². The molecule has 1 atom stereocenters. The molecule has 4 N–H and O–H groups in total. The van der Waals surface area contributed by atoms with E-state index in [-0.39, 0.29) is 23.5 Å². The number of carbonyl (C=O) groups is 1. The zero-order valence-electron chi connectivity index (χ0n) is 11.4. The van der Waals surface area contributed by atoms with Crippen molar-refractivity contribution in [2.45, 2.75) is 13.0 Å². The molecule has 7 nitrogen and oxygen atoms in total. The number of amides is 1. The van der Waals surface area contributed by atoms with Crippen molar-refractivity contribution in [1.29, 1.82) is 0 Å². The summed E-state index contributed by atoms with van der Waals surface area (Å²) in [7, 11) is 0. The van der Waals surface area contributed by atoms with Crippen molar-refractivity contribution in [3.63, 3.8) is 0 Å². The Bertz CT molecular complexity index is 640. The lowest BCUT2D eigenvalue weighted by molar-refractivity contribution is 0.0935. The molecule has 0 fully saturated rings. The smallest absolute Gasteiger partial charge is 0.270 e. The lowest BCUT2D eigenvalue weighted by Gasteiger charge is -2.13. The van der Waals surface area contributed by atoms with E-state index in [1.54, 1.807) is 18.5 Å². The highest BCUT2D eigenvalue weighted by molar-refractivity contribution is 5.98. The van der Waals surface area contributed by atoms with Crippen LogP contribution in [0.3, 0.4) is 0 Å². The number of oxime groups is 1. The van der Waals surface area contributed by atoms with E-state index < -0.39 is 0 Å². The van der Waals surface area contributed by atoms with Gasteiger partial charge in [0.05, 0.1) is 6.04 Å². The Morgan fingerprint density at radius 3 is 2.76 bits per heavy atom. The van der Waals surface area contributed by atoms with Crippen molar-refractivity contribution in [2.75, 3.05) is 0 Å². The Balaban J connectivity index is 2.07. The molecule has 108 valence electrons. The van der Waals surface area contributed by atoms with E-state index in [9.17, 15) is 4.79 Å². The predicted octanol–water partition coefficient (Wildman–Crippen LogP) is 1.06. The number of pyridine rings is 2. The molecule has 0 spiro atoms. The quantitative estimate of drug-likeness (QED) is 0.336. The van der Waals surface area contributed by atoms with Gasteiger partial charge in [-0.05, 0) is 30.7 Å². The van der Waals surface area contributed by atoms with Crippen LogP contribution in [0.25, 0.3) is 0 Å². The third kappa shape index (κ3) is 3.53. The van der Waals surface area contributed by atoms with Crippen molar-refractivity contribution in [2.24, 2.45) is 10.9 Å². The van der Waals surface area contributed by atoms with Crippen molar-refractivity contribution < 1.29 is 10.0 Å². The highest BCUT2D eigenvalue weighted by Gasteiger charge is 2.13. The minimum absolute atomic E-state index is 0.0572. The second-order valence-electron chi connectivity index (χ2n) is 4.40. The third-order valence-electron chi connectivity index (χ3n) is 2.93. The van der Waals surface area contributed by atoms with Gasteiger partial charge < -0.3 is 16.3 Å². The first-order valence-corrected chi connectivity index (χ1v) is 6.26. The number of aromatic nitrogens is 2. The van der Waals surface area contributed by atoms with Crippen LogP contribution < -0.4 is 11.1 Å². The Morgan fingerprint density at radius 1 is 1.38 bits per heavy atom. The summed E-state index contributed by atoms with van der Waals surface area (Å²) in [6.45, 7) is 1.86. The van der Waals surface area contributed by atoms with E-state index in [4.69, 9.17) is 10.9 Å². The van der Waals surface area contributed by atoms with E-state index in [0.717, 1.165) is 5.56 Å². The number of amidine groups is 1. The SMILES string of the molecule is CC(NC(=O)c1ccc(C(N)=NO)cn1)c1cccnc1. The first-order chi connectivity index (χ1) is 10.1. The van der Waals surface area contributed by atoms with Gasteiger partial charge in [-0.25, -0.2) is 0 Å². The summed E-state index contributed by atoms with van der Waals surface area (Å²) < 4.78 is 0. The minimum atomic E-state index is -0.308. The lowest BCUT2D eigenvalue weighted by atomic mass is 10.1. The molecule has 0 aliphatic rings. The van der Waals surface area contributed by atoms with Crippen molar-refractivity contribution in [3.05, 3.63) is 59.7 Å². The van der Waals surface area contributed by atoms with E-state index in [2.05, 4.69) is 20.4 Å². The first-order valence-electron chi connectivity index (χ1n) is 6.26. The van der Waals surface area contributed by atoms with E-state index in [0.29, 0.717) is 5.56 Å². The highest BCUT2D eigenvalue weighted by atomic mass is 16.4. The number of rotatable bonds is 4. The van der Waals surface area contributed by atoms with Gasteiger partial charge in [-0.3, -0.25) is 14.8 Å². The zero-order chi connectivity index (χ0) is 15.2. The summed E-state index contributed by atoms with van der Waals surface area (Å²) in [6.07, 6.45) is 4.74. The maximum atomic E-state index is 12.1. The number of nitrogens with two attached hydrogens (primary N) is 1. The van der Waals surface area contributed by atoms with Crippen LogP contribution in [-0.4, -0.2) is 26.9 Å². The third-order valence-corrected chi connectivity index (χ3v) is 2.93. The summed E-state index contributed by atoms with van der Waals surface area (Å²) in [5.41, 5.74) is 7.02. The fraction of sp³-hybridized carbons (Fsp3) is 0.143. The highest BCUT2D eigenvalue weighted by Crippen LogP contribution is 2.10. The van der Waals surface area contributed by atoms with Crippen LogP contribution in [-0.2, 0) is 0 Å². The Kier molecular flexibility index (Phi) is 4.45. The monoisotopic (exact) mass is 285 g/mol. The molecule has 2 heterocycles. The van der Waals surface area contributed by atoms with Crippen LogP contribution >= 0.6 is 0 Å². The summed E-state index contributed by atoms with van der Waals surface area (Å²) in [5, 5.41) is 14.3. The van der Waals surface area contributed by atoms with E-state index in [1.807, 2.05) is 19.1 Å². The molecule has 0 bridgehead atoms. The van der Waals surface area contributed by atoms with Gasteiger partial charge in [-0.1, -0.05) is 11.2 Å². The normalized spacial score (nSPS) is 12.7. The average Bonchev–Trinajstić information content (AvgIpc) is 2.55. The molecule has 1 amide bonds. The van der Waals surface area contributed by atoms with Crippen LogP contribution in [0, 0.1) is 0 Å². The van der Waals surface area contributed by atoms with Gasteiger partial charge in [0.2, 0.25) is 0 Å². The van der Waals surface area contributed by atoms with Gasteiger partial charge in [0.15, 0.2) is 5.84 Å². The molecule has 0 aliphatic heterocycles. The number of hydrogen-bond acceptors (Lipinski definition) is 5. The standard InChI is InChI=1S/C14H15N5O2/c1-9(10-3-2-6-16-7-10)18-14(20)12-5-4-11(8-17-12)13(15)19-21/h2-9,21H,1H3,(H2,15,19)(H,18,20). The summed E-state index contributed by atoms with van der Waals surface area (Å²) >= 11 is 0. The molecular weight excluding hydrogens is 270 g/mol. The van der Waals surface area contributed by atoms with E-state index >= 15 is 0 Å².